The summed E-state index contributed by atoms with van der Waals surface area (Å²) < 4.78 is 12.1. The molecule has 2 unspecified atom stereocenters. The smallest absolute Gasteiger partial charge is 0.350 e. The molecule has 0 bridgehead atoms. The molecular weight excluding hydrogens is 242 g/mol. The van der Waals surface area contributed by atoms with E-state index in [0.29, 0.717) is 13.2 Å². The van der Waals surface area contributed by atoms with Gasteiger partial charge in [0.2, 0.25) is 0 Å². The number of nitrogens with zero attached hydrogens (tertiary/aromatic N) is 2. The third-order valence-electron chi connectivity index (χ3n) is 2.52. The van der Waals surface area contributed by atoms with Gasteiger partial charge in [-0.3, -0.25) is 4.57 Å². The molecule has 0 aromatic carbocycles. The van der Waals surface area contributed by atoms with E-state index in [4.69, 9.17) is 15.2 Å². The van der Waals surface area contributed by atoms with Crippen LogP contribution in [0.3, 0.4) is 0 Å². The van der Waals surface area contributed by atoms with Crippen molar-refractivity contribution in [2.45, 2.75) is 17.7 Å². The zero-order chi connectivity index (χ0) is 12.4. The molecule has 6 nitrogen and oxygen atoms in total. The van der Waals surface area contributed by atoms with E-state index >= 15 is 0 Å². The normalized spacial score (nSPS) is 24.1. The van der Waals surface area contributed by atoms with E-state index in [1.54, 1.807) is 29.6 Å². The topological polar surface area (TPSA) is 79.4 Å². The van der Waals surface area contributed by atoms with Crippen molar-refractivity contribution in [3.63, 3.8) is 0 Å². The Morgan fingerprint density at radius 3 is 3.24 bits per heavy atom. The highest BCUT2D eigenvalue weighted by Gasteiger charge is 2.28. The largest absolute Gasteiger partial charge is 0.383 e. The first-order valence-electron chi connectivity index (χ1n) is 5.23. The molecule has 1 aromatic rings. The van der Waals surface area contributed by atoms with Crippen molar-refractivity contribution in [3.8, 4) is 0 Å². The summed E-state index contributed by atoms with van der Waals surface area (Å²) in [7, 11) is 1.62. The lowest BCUT2D eigenvalue weighted by atomic mass is 10.3. The number of nitrogens with two attached hydrogens (primary N) is 1. The highest BCUT2D eigenvalue weighted by Crippen LogP contribution is 2.34. The van der Waals surface area contributed by atoms with Crippen LogP contribution in [0.15, 0.2) is 11.0 Å². The molecule has 1 aromatic heterocycles. The summed E-state index contributed by atoms with van der Waals surface area (Å²) in [6.45, 7) is 2.81. The predicted molar refractivity (Wildman–Crippen MR) is 65.9 cm³/mol. The van der Waals surface area contributed by atoms with Crippen LogP contribution in [0, 0.1) is 6.92 Å². The van der Waals surface area contributed by atoms with Crippen LogP contribution >= 0.6 is 11.8 Å². The fourth-order valence-corrected chi connectivity index (χ4v) is 2.76. The minimum absolute atomic E-state index is 0.0326. The Morgan fingerprint density at radius 2 is 2.53 bits per heavy atom. The van der Waals surface area contributed by atoms with Crippen molar-refractivity contribution >= 4 is 17.6 Å². The minimum atomic E-state index is -0.340. The van der Waals surface area contributed by atoms with Crippen LogP contribution in [0.1, 0.15) is 10.9 Å². The zero-order valence-corrected chi connectivity index (χ0v) is 10.6. The molecule has 0 aliphatic carbocycles. The molecule has 2 heterocycles. The van der Waals surface area contributed by atoms with Gasteiger partial charge >= 0.3 is 5.69 Å². The van der Waals surface area contributed by atoms with Gasteiger partial charge in [0.05, 0.1) is 13.2 Å². The molecular formula is C10H15N3O3S. The number of aryl methyl sites for hydroxylation is 1. The van der Waals surface area contributed by atoms with Crippen LogP contribution < -0.4 is 11.4 Å². The quantitative estimate of drug-likeness (QED) is 0.842. The fourth-order valence-electron chi connectivity index (χ4n) is 1.60. The summed E-state index contributed by atoms with van der Waals surface area (Å²) in [5.41, 5.74) is 6.00. The zero-order valence-electron chi connectivity index (χ0n) is 9.75. The summed E-state index contributed by atoms with van der Waals surface area (Å²) in [4.78, 5) is 15.5. The molecule has 1 aliphatic rings. The van der Waals surface area contributed by atoms with Crippen molar-refractivity contribution in [2.75, 3.05) is 26.1 Å². The first-order chi connectivity index (χ1) is 8.11. The molecule has 2 rings (SSSR count). The average Bonchev–Trinajstić information content (AvgIpc) is 2.72. The summed E-state index contributed by atoms with van der Waals surface area (Å²) in [5.74, 6) is 0.281. The number of methoxy groups -OCH3 is 1. The Hall–Kier alpha value is -1.05. The summed E-state index contributed by atoms with van der Waals surface area (Å²) in [6.07, 6.45) is 1.72. The maximum atomic E-state index is 11.7. The molecule has 1 fully saturated rings. The molecule has 7 heteroatoms. The molecule has 0 saturated carbocycles. The lowest BCUT2D eigenvalue weighted by Crippen LogP contribution is -2.27. The molecule has 94 valence electrons. The first kappa shape index (κ1) is 12.4. The number of aromatic nitrogens is 2. The van der Waals surface area contributed by atoms with Gasteiger partial charge in [0, 0.05) is 18.9 Å². The number of hydrogen-bond donors (Lipinski definition) is 1. The molecule has 2 N–H and O–H groups in total. The van der Waals surface area contributed by atoms with Crippen LogP contribution in [0.4, 0.5) is 5.82 Å². The SMILES string of the molecule is COCC1OCC(n2cc(C)c(N)nc2=O)S1. The van der Waals surface area contributed by atoms with Crippen molar-refractivity contribution in [2.24, 2.45) is 0 Å². The second-order valence-electron chi connectivity index (χ2n) is 3.81. The van der Waals surface area contributed by atoms with Gasteiger partial charge in [-0.15, -0.1) is 11.8 Å². The summed E-state index contributed by atoms with van der Waals surface area (Å²) in [5, 5.41) is -0.0607. The molecule has 1 saturated heterocycles. The Morgan fingerprint density at radius 1 is 1.76 bits per heavy atom. The lowest BCUT2D eigenvalue weighted by Gasteiger charge is -2.12. The number of rotatable bonds is 3. The third-order valence-corrected chi connectivity index (χ3v) is 3.77. The lowest BCUT2D eigenvalue weighted by molar-refractivity contribution is 0.0595. The third kappa shape index (κ3) is 2.62. The maximum Gasteiger partial charge on any atom is 0.350 e. The number of ether oxygens (including phenoxy) is 2. The molecule has 1 aliphatic heterocycles. The van der Waals surface area contributed by atoms with E-state index in [-0.39, 0.29) is 22.3 Å². The fraction of sp³-hybridized carbons (Fsp3) is 0.600. The number of nitrogen functional groups attached to an aromatic ring is 1. The van der Waals surface area contributed by atoms with E-state index < -0.39 is 0 Å². The number of hydrogen-bond acceptors (Lipinski definition) is 6. The van der Waals surface area contributed by atoms with Gasteiger partial charge in [-0.2, -0.15) is 4.98 Å². The van der Waals surface area contributed by atoms with Crippen LogP contribution in [0.5, 0.6) is 0 Å². The number of anilines is 1. The van der Waals surface area contributed by atoms with E-state index in [9.17, 15) is 4.79 Å². The Balaban J connectivity index is 2.19. The van der Waals surface area contributed by atoms with Crippen molar-refractivity contribution in [1.29, 1.82) is 0 Å². The molecule has 0 radical (unpaired) electrons. The second kappa shape index (κ2) is 5.07. The van der Waals surface area contributed by atoms with Crippen molar-refractivity contribution < 1.29 is 9.47 Å². The van der Waals surface area contributed by atoms with Gasteiger partial charge in [-0.1, -0.05) is 0 Å². The van der Waals surface area contributed by atoms with Gasteiger partial charge in [0.15, 0.2) is 0 Å². The Labute approximate surface area is 103 Å². The first-order valence-corrected chi connectivity index (χ1v) is 6.17. The van der Waals surface area contributed by atoms with E-state index in [1.807, 2.05) is 6.92 Å². The maximum absolute atomic E-state index is 11.7. The van der Waals surface area contributed by atoms with E-state index in [1.165, 1.54) is 0 Å². The second-order valence-corrected chi connectivity index (χ2v) is 5.15. The van der Waals surface area contributed by atoms with E-state index in [0.717, 1.165) is 5.56 Å². The van der Waals surface area contributed by atoms with Crippen LogP contribution in [0.2, 0.25) is 0 Å². The van der Waals surface area contributed by atoms with Gasteiger partial charge in [0.1, 0.15) is 16.6 Å². The molecule has 0 spiro atoms. The van der Waals surface area contributed by atoms with Gasteiger partial charge in [0.25, 0.3) is 0 Å². The van der Waals surface area contributed by atoms with Crippen LogP contribution in [-0.2, 0) is 9.47 Å². The van der Waals surface area contributed by atoms with Crippen LogP contribution in [-0.4, -0.2) is 35.3 Å². The minimum Gasteiger partial charge on any atom is -0.383 e. The predicted octanol–water partition coefficient (Wildman–Crippen LogP) is 0.368. The standard InChI is InChI=1S/C10H15N3O3S/c1-6-3-13(10(14)12-9(6)11)7-4-16-8(17-7)5-15-2/h3,7-8H,4-5H2,1-2H3,(H2,11,12,14). The Kier molecular flexibility index (Phi) is 3.70. The molecule has 0 amide bonds. The highest BCUT2D eigenvalue weighted by atomic mass is 32.2. The summed E-state index contributed by atoms with van der Waals surface area (Å²) >= 11 is 1.55. The van der Waals surface area contributed by atoms with Crippen molar-refractivity contribution in [1.82, 2.24) is 9.55 Å². The summed E-state index contributed by atoms with van der Waals surface area (Å²) in [6, 6.07) is 0. The van der Waals surface area contributed by atoms with Gasteiger partial charge < -0.3 is 15.2 Å². The molecule has 2 atom stereocenters. The monoisotopic (exact) mass is 257 g/mol. The van der Waals surface area contributed by atoms with Gasteiger partial charge in [-0.05, 0) is 6.92 Å². The molecule has 17 heavy (non-hydrogen) atoms. The van der Waals surface area contributed by atoms with Gasteiger partial charge in [-0.25, -0.2) is 4.79 Å². The highest BCUT2D eigenvalue weighted by molar-refractivity contribution is 8.00. The number of thioether (sulfide) groups is 1. The Bertz CT molecular complexity index is 463. The average molecular weight is 257 g/mol. The van der Waals surface area contributed by atoms with Crippen molar-refractivity contribution in [3.05, 3.63) is 22.2 Å². The van der Waals surface area contributed by atoms with E-state index in [2.05, 4.69) is 4.98 Å². The van der Waals surface area contributed by atoms with Crippen LogP contribution in [0.25, 0.3) is 0 Å².